The molecule has 0 saturated heterocycles. The molecule has 2 bridgehead atoms. The lowest BCUT2D eigenvalue weighted by Crippen LogP contribution is -2.21. The van der Waals surface area contributed by atoms with Crippen molar-refractivity contribution in [2.45, 2.75) is 45.4 Å². The first kappa shape index (κ1) is 12.9. The highest BCUT2D eigenvalue weighted by atomic mass is 32.1. The summed E-state index contributed by atoms with van der Waals surface area (Å²) in [4.78, 5) is 13.3. The summed E-state index contributed by atoms with van der Waals surface area (Å²) in [5.41, 5.74) is 4.70. The Labute approximate surface area is 118 Å². The van der Waals surface area contributed by atoms with Gasteiger partial charge in [-0.2, -0.15) is 5.10 Å². The molecule has 4 heteroatoms. The van der Waals surface area contributed by atoms with Crippen molar-refractivity contribution in [3.05, 3.63) is 21.9 Å². The van der Waals surface area contributed by atoms with Gasteiger partial charge in [0.25, 0.3) is 5.91 Å². The van der Waals surface area contributed by atoms with E-state index < -0.39 is 0 Å². The van der Waals surface area contributed by atoms with Crippen molar-refractivity contribution in [1.82, 2.24) is 5.43 Å². The lowest BCUT2D eigenvalue weighted by atomic mass is 9.99. The maximum Gasteiger partial charge on any atom is 0.272 e. The number of hydrogen-bond acceptors (Lipinski definition) is 3. The summed E-state index contributed by atoms with van der Waals surface area (Å²) >= 11 is 1.66. The van der Waals surface area contributed by atoms with Gasteiger partial charge in [-0.25, -0.2) is 5.43 Å². The molecule has 2 aliphatic carbocycles. The second kappa shape index (κ2) is 5.45. The predicted molar refractivity (Wildman–Crippen MR) is 78.7 cm³/mol. The van der Waals surface area contributed by atoms with E-state index in [0.717, 1.165) is 30.7 Å². The van der Waals surface area contributed by atoms with Gasteiger partial charge in [0.2, 0.25) is 0 Å². The number of aryl methyl sites for hydroxylation is 1. The summed E-state index contributed by atoms with van der Waals surface area (Å²) in [6.45, 7) is 2.15. The van der Waals surface area contributed by atoms with Gasteiger partial charge in [-0.15, -0.1) is 11.3 Å². The largest absolute Gasteiger partial charge is 0.272 e. The number of thiophene rings is 1. The topological polar surface area (TPSA) is 41.5 Å². The quantitative estimate of drug-likeness (QED) is 0.839. The molecule has 0 spiro atoms. The van der Waals surface area contributed by atoms with Crippen LogP contribution in [0.3, 0.4) is 0 Å². The van der Waals surface area contributed by atoms with Crippen LogP contribution in [0.25, 0.3) is 0 Å². The molecule has 0 aromatic carbocycles. The molecule has 0 aliphatic heterocycles. The van der Waals surface area contributed by atoms with E-state index in [0.29, 0.717) is 5.92 Å². The van der Waals surface area contributed by atoms with E-state index in [9.17, 15) is 4.79 Å². The van der Waals surface area contributed by atoms with Crippen molar-refractivity contribution in [2.75, 3.05) is 0 Å². The summed E-state index contributed by atoms with van der Waals surface area (Å²) in [6.07, 6.45) is 7.16. The van der Waals surface area contributed by atoms with Crippen LogP contribution in [0.5, 0.6) is 0 Å². The standard InChI is InChI=1S/C15H20N2OS/c1-2-3-13-8-12(9-19-13)15(18)17-16-14-7-10-4-5-11(14)6-10/h8-11H,2-7H2,1H3,(H,17,18)/b16-14+/t10-,11+/m0/s1. The molecule has 0 unspecified atom stereocenters. The number of hydrogen-bond donors (Lipinski definition) is 1. The molecule has 1 heterocycles. The Morgan fingerprint density at radius 3 is 3.11 bits per heavy atom. The number of carbonyl (C=O) groups excluding carboxylic acids is 1. The molecule has 3 rings (SSSR count). The van der Waals surface area contributed by atoms with E-state index in [1.807, 2.05) is 11.4 Å². The van der Waals surface area contributed by atoms with Crippen LogP contribution in [0.15, 0.2) is 16.5 Å². The minimum atomic E-state index is -0.0612. The van der Waals surface area contributed by atoms with Crippen LogP contribution in [0.2, 0.25) is 0 Å². The third kappa shape index (κ3) is 2.73. The van der Waals surface area contributed by atoms with E-state index in [4.69, 9.17) is 0 Å². The molecule has 1 amide bonds. The van der Waals surface area contributed by atoms with Crippen LogP contribution < -0.4 is 5.43 Å². The number of amides is 1. The second-order valence-electron chi connectivity index (χ2n) is 5.68. The number of nitrogens with one attached hydrogen (secondary N) is 1. The van der Waals surface area contributed by atoms with Crippen LogP contribution in [-0.2, 0) is 6.42 Å². The van der Waals surface area contributed by atoms with Crippen molar-refractivity contribution in [3.8, 4) is 0 Å². The van der Waals surface area contributed by atoms with Crippen molar-refractivity contribution in [1.29, 1.82) is 0 Å². The maximum absolute atomic E-state index is 12.0. The predicted octanol–water partition coefficient (Wildman–Crippen LogP) is 3.61. The van der Waals surface area contributed by atoms with E-state index >= 15 is 0 Å². The summed E-state index contributed by atoms with van der Waals surface area (Å²) in [5, 5.41) is 6.29. The Bertz CT molecular complexity index is 506. The first-order valence-corrected chi connectivity index (χ1v) is 8.08. The molecule has 0 radical (unpaired) electrons. The SMILES string of the molecule is CCCc1cc(C(=O)N/N=C2\C[C@H]3CC[C@@H]2C3)cs1. The fourth-order valence-corrected chi connectivity index (χ4v) is 4.20. The highest BCUT2D eigenvalue weighted by Crippen LogP contribution is 2.42. The molecule has 102 valence electrons. The molecular weight excluding hydrogens is 256 g/mol. The summed E-state index contributed by atoms with van der Waals surface area (Å²) in [5.74, 6) is 1.41. The number of hydrazone groups is 1. The summed E-state index contributed by atoms with van der Waals surface area (Å²) in [6, 6.07) is 1.99. The van der Waals surface area contributed by atoms with Crippen LogP contribution >= 0.6 is 11.3 Å². The van der Waals surface area contributed by atoms with Gasteiger partial charge in [0.1, 0.15) is 0 Å². The van der Waals surface area contributed by atoms with Gasteiger partial charge in [0.15, 0.2) is 0 Å². The third-order valence-corrected chi connectivity index (χ3v) is 5.22. The molecule has 1 aromatic rings. The Morgan fingerprint density at radius 1 is 1.53 bits per heavy atom. The average molecular weight is 276 g/mol. The van der Waals surface area contributed by atoms with Crippen LogP contribution in [0.1, 0.15) is 54.3 Å². The van der Waals surface area contributed by atoms with E-state index in [1.54, 1.807) is 11.3 Å². The minimum Gasteiger partial charge on any atom is -0.267 e. The number of nitrogens with zero attached hydrogens (tertiary/aromatic N) is 1. The molecule has 19 heavy (non-hydrogen) atoms. The lowest BCUT2D eigenvalue weighted by molar-refractivity contribution is 0.0955. The first-order valence-electron chi connectivity index (χ1n) is 7.20. The Kier molecular flexibility index (Phi) is 3.69. The molecular formula is C15H20N2OS. The Balaban J connectivity index is 1.60. The molecule has 2 atom stereocenters. The lowest BCUT2D eigenvalue weighted by Gasteiger charge is -2.11. The normalized spacial score (nSPS) is 27.1. The smallest absolute Gasteiger partial charge is 0.267 e. The van der Waals surface area contributed by atoms with Crippen LogP contribution in [0.4, 0.5) is 0 Å². The average Bonchev–Trinajstić information content (AvgIpc) is 3.12. The molecule has 3 nitrogen and oxygen atoms in total. The summed E-state index contributed by atoms with van der Waals surface area (Å²) < 4.78 is 0. The molecule has 1 aromatic heterocycles. The number of fused-ring (bicyclic) bond motifs is 2. The van der Waals surface area contributed by atoms with E-state index in [-0.39, 0.29) is 5.91 Å². The maximum atomic E-state index is 12.0. The van der Waals surface area contributed by atoms with Gasteiger partial charge >= 0.3 is 0 Å². The van der Waals surface area contributed by atoms with Gasteiger partial charge in [-0.1, -0.05) is 13.3 Å². The molecule has 2 aliphatic rings. The number of carbonyl (C=O) groups is 1. The number of rotatable bonds is 4. The van der Waals surface area contributed by atoms with Crippen LogP contribution in [-0.4, -0.2) is 11.6 Å². The molecule has 2 fully saturated rings. The van der Waals surface area contributed by atoms with Gasteiger partial charge in [-0.05, 0) is 50.0 Å². The fourth-order valence-electron chi connectivity index (χ4n) is 3.23. The van der Waals surface area contributed by atoms with Crippen molar-refractivity contribution in [2.24, 2.45) is 16.9 Å². The molecule has 1 N–H and O–H groups in total. The van der Waals surface area contributed by atoms with Gasteiger partial charge in [0.05, 0.1) is 5.56 Å². The zero-order valence-corrected chi connectivity index (χ0v) is 12.1. The highest BCUT2D eigenvalue weighted by Gasteiger charge is 2.36. The highest BCUT2D eigenvalue weighted by molar-refractivity contribution is 7.10. The second-order valence-corrected chi connectivity index (χ2v) is 6.67. The molecule has 2 saturated carbocycles. The summed E-state index contributed by atoms with van der Waals surface area (Å²) in [7, 11) is 0. The zero-order chi connectivity index (χ0) is 13.2. The monoisotopic (exact) mass is 276 g/mol. The van der Waals surface area contributed by atoms with Crippen LogP contribution in [0, 0.1) is 11.8 Å². The minimum absolute atomic E-state index is 0.0612. The zero-order valence-electron chi connectivity index (χ0n) is 11.3. The Hall–Kier alpha value is -1.16. The Morgan fingerprint density at radius 2 is 2.42 bits per heavy atom. The van der Waals surface area contributed by atoms with Gasteiger partial charge in [-0.3, -0.25) is 4.79 Å². The van der Waals surface area contributed by atoms with Crippen molar-refractivity contribution < 1.29 is 4.79 Å². The third-order valence-electron chi connectivity index (χ3n) is 4.22. The van der Waals surface area contributed by atoms with Gasteiger partial charge in [0, 0.05) is 16.0 Å². The first-order chi connectivity index (χ1) is 9.26. The van der Waals surface area contributed by atoms with Crippen molar-refractivity contribution in [3.63, 3.8) is 0 Å². The van der Waals surface area contributed by atoms with E-state index in [2.05, 4.69) is 17.5 Å². The van der Waals surface area contributed by atoms with E-state index in [1.165, 1.54) is 29.9 Å². The van der Waals surface area contributed by atoms with Crippen molar-refractivity contribution >= 4 is 23.0 Å². The van der Waals surface area contributed by atoms with Gasteiger partial charge < -0.3 is 0 Å². The fraction of sp³-hybridized carbons (Fsp3) is 0.600.